The minimum absolute atomic E-state index is 0.218. The van der Waals surface area contributed by atoms with Crippen LogP contribution < -0.4 is 5.73 Å². The van der Waals surface area contributed by atoms with Crippen LogP contribution in [0, 0.1) is 0 Å². The first-order valence-corrected chi connectivity index (χ1v) is 7.54. The van der Waals surface area contributed by atoms with Crippen molar-refractivity contribution in [3.05, 3.63) is 0 Å². The van der Waals surface area contributed by atoms with Gasteiger partial charge in [0.25, 0.3) is 0 Å². The summed E-state index contributed by atoms with van der Waals surface area (Å²) in [7, 11) is 0. The molecule has 110 valence electrons. The molecule has 1 saturated carbocycles. The van der Waals surface area contributed by atoms with E-state index in [0.717, 1.165) is 19.6 Å². The van der Waals surface area contributed by atoms with E-state index in [9.17, 15) is 0 Å². The van der Waals surface area contributed by atoms with Crippen molar-refractivity contribution in [1.82, 2.24) is 4.90 Å². The molecule has 0 aromatic rings. The van der Waals surface area contributed by atoms with Crippen LogP contribution in [0.3, 0.4) is 0 Å². The molecule has 1 aliphatic carbocycles. The van der Waals surface area contributed by atoms with Crippen molar-refractivity contribution in [2.45, 2.75) is 63.6 Å². The fourth-order valence-corrected chi connectivity index (χ4v) is 3.40. The Kier molecular flexibility index (Phi) is 5.05. The number of hydrogen-bond donors (Lipinski definition) is 2. The average Bonchev–Trinajstić information content (AvgIpc) is 3.05. The average molecular weight is 269 g/mol. The molecule has 1 spiro atoms. The van der Waals surface area contributed by atoms with Crippen molar-refractivity contribution < 1.29 is 9.94 Å². The lowest BCUT2D eigenvalue weighted by molar-refractivity contribution is -0.0466. The van der Waals surface area contributed by atoms with Crippen molar-refractivity contribution >= 4 is 5.84 Å². The van der Waals surface area contributed by atoms with Crippen molar-refractivity contribution in [1.29, 1.82) is 0 Å². The lowest BCUT2D eigenvalue weighted by Gasteiger charge is -2.27. The lowest BCUT2D eigenvalue weighted by atomic mass is 9.98. The normalized spacial score (nSPS) is 26.6. The molecule has 1 saturated heterocycles. The van der Waals surface area contributed by atoms with E-state index in [1.807, 2.05) is 0 Å². The summed E-state index contributed by atoms with van der Waals surface area (Å²) in [5.41, 5.74) is 5.74. The molecule has 1 heterocycles. The van der Waals surface area contributed by atoms with Gasteiger partial charge in [-0.3, -0.25) is 0 Å². The van der Waals surface area contributed by atoms with Crippen LogP contribution in [0.15, 0.2) is 5.16 Å². The maximum absolute atomic E-state index is 8.56. The maximum Gasteiger partial charge on any atom is 0.140 e. The van der Waals surface area contributed by atoms with Gasteiger partial charge in [0.15, 0.2) is 0 Å². The molecule has 0 aromatic carbocycles. The van der Waals surface area contributed by atoms with Crippen LogP contribution in [0.5, 0.6) is 0 Å². The first kappa shape index (κ1) is 14.6. The second-order valence-corrected chi connectivity index (χ2v) is 5.90. The highest BCUT2D eigenvalue weighted by Gasteiger charge is 2.42. The Hall–Kier alpha value is -0.810. The molecule has 0 radical (unpaired) electrons. The topological polar surface area (TPSA) is 71.1 Å². The molecule has 0 bridgehead atoms. The van der Waals surface area contributed by atoms with Gasteiger partial charge in [0, 0.05) is 19.5 Å². The fourth-order valence-electron chi connectivity index (χ4n) is 3.40. The van der Waals surface area contributed by atoms with Crippen molar-refractivity contribution in [3.8, 4) is 0 Å². The van der Waals surface area contributed by atoms with Gasteiger partial charge in [0.1, 0.15) is 5.84 Å². The van der Waals surface area contributed by atoms with Gasteiger partial charge in [-0.1, -0.05) is 24.9 Å². The van der Waals surface area contributed by atoms with E-state index >= 15 is 0 Å². The van der Waals surface area contributed by atoms with Gasteiger partial charge >= 0.3 is 0 Å². The zero-order valence-corrected chi connectivity index (χ0v) is 12.0. The number of hydrogen-bond acceptors (Lipinski definition) is 4. The van der Waals surface area contributed by atoms with E-state index in [2.05, 4.69) is 17.0 Å². The van der Waals surface area contributed by atoms with Gasteiger partial charge in [-0.2, -0.15) is 0 Å². The summed E-state index contributed by atoms with van der Waals surface area (Å²) in [6.07, 6.45) is 8.55. The standard InChI is InChI=1S/C14H27N3O2/c1-2-17(10-6-13(15)16-18)11-12-5-9-14(19-12)7-3-4-8-14/h12,18H,2-11H2,1H3,(H2,15,16). The van der Waals surface area contributed by atoms with Crippen LogP contribution in [-0.2, 0) is 4.74 Å². The van der Waals surface area contributed by atoms with Crippen molar-refractivity contribution in [2.75, 3.05) is 19.6 Å². The fraction of sp³-hybridized carbons (Fsp3) is 0.929. The SMILES string of the molecule is CCN(CCC(N)=NO)CC1CCC2(CCCC2)O1. The van der Waals surface area contributed by atoms with Crippen LogP contribution in [0.1, 0.15) is 51.9 Å². The number of ether oxygens (including phenoxy) is 1. The van der Waals surface area contributed by atoms with E-state index in [-0.39, 0.29) is 5.60 Å². The van der Waals surface area contributed by atoms with E-state index in [1.165, 1.54) is 38.5 Å². The van der Waals surface area contributed by atoms with Gasteiger partial charge in [0.05, 0.1) is 11.7 Å². The first-order valence-electron chi connectivity index (χ1n) is 7.54. The molecule has 3 N–H and O–H groups in total. The minimum Gasteiger partial charge on any atom is -0.409 e. The highest BCUT2D eigenvalue weighted by molar-refractivity contribution is 5.79. The third kappa shape index (κ3) is 3.83. The molecule has 0 aromatic heterocycles. The molecule has 19 heavy (non-hydrogen) atoms. The summed E-state index contributed by atoms with van der Waals surface area (Å²) in [5, 5.41) is 11.6. The summed E-state index contributed by atoms with van der Waals surface area (Å²) in [5.74, 6) is 0.304. The van der Waals surface area contributed by atoms with Gasteiger partial charge in [-0.05, 0) is 32.2 Å². The van der Waals surface area contributed by atoms with E-state index in [4.69, 9.17) is 15.7 Å². The van der Waals surface area contributed by atoms with E-state index < -0.39 is 0 Å². The number of oxime groups is 1. The Morgan fingerprint density at radius 3 is 2.79 bits per heavy atom. The van der Waals surface area contributed by atoms with Crippen LogP contribution in [0.25, 0.3) is 0 Å². The number of likely N-dealkylation sites (N-methyl/N-ethyl adjacent to an activating group) is 1. The van der Waals surface area contributed by atoms with Gasteiger partial charge in [0.2, 0.25) is 0 Å². The summed E-state index contributed by atoms with van der Waals surface area (Å²) in [6, 6.07) is 0. The highest BCUT2D eigenvalue weighted by atomic mass is 16.5. The lowest BCUT2D eigenvalue weighted by Crippen LogP contribution is -2.36. The van der Waals surface area contributed by atoms with Gasteiger partial charge < -0.3 is 20.6 Å². The predicted octanol–water partition coefficient (Wildman–Crippen LogP) is 1.94. The largest absolute Gasteiger partial charge is 0.409 e. The minimum atomic E-state index is 0.218. The number of nitrogens with zero attached hydrogens (tertiary/aromatic N) is 2. The molecular formula is C14H27N3O2. The van der Waals surface area contributed by atoms with E-state index in [1.54, 1.807) is 0 Å². The quantitative estimate of drug-likeness (QED) is 0.334. The Bertz CT molecular complexity index is 314. The number of rotatable bonds is 6. The zero-order chi connectivity index (χ0) is 13.7. The summed E-state index contributed by atoms with van der Waals surface area (Å²) in [6.45, 7) is 4.92. The third-order valence-corrected chi connectivity index (χ3v) is 4.58. The molecule has 2 fully saturated rings. The summed E-state index contributed by atoms with van der Waals surface area (Å²) in [4.78, 5) is 2.33. The third-order valence-electron chi connectivity index (χ3n) is 4.58. The van der Waals surface area contributed by atoms with Crippen LogP contribution in [-0.4, -0.2) is 47.3 Å². The molecule has 5 heteroatoms. The monoisotopic (exact) mass is 269 g/mol. The van der Waals surface area contributed by atoms with Crippen LogP contribution in [0.4, 0.5) is 0 Å². The molecule has 1 atom stereocenters. The number of amidine groups is 1. The zero-order valence-electron chi connectivity index (χ0n) is 12.0. The molecule has 0 amide bonds. The van der Waals surface area contributed by atoms with Gasteiger partial charge in [-0.25, -0.2) is 0 Å². The second-order valence-electron chi connectivity index (χ2n) is 5.90. The summed E-state index contributed by atoms with van der Waals surface area (Å²) < 4.78 is 6.32. The van der Waals surface area contributed by atoms with Gasteiger partial charge in [-0.15, -0.1) is 0 Å². The maximum atomic E-state index is 8.56. The molecule has 5 nitrogen and oxygen atoms in total. The second kappa shape index (κ2) is 6.57. The summed E-state index contributed by atoms with van der Waals surface area (Å²) >= 11 is 0. The van der Waals surface area contributed by atoms with Crippen molar-refractivity contribution in [3.63, 3.8) is 0 Å². The Morgan fingerprint density at radius 1 is 1.42 bits per heavy atom. The van der Waals surface area contributed by atoms with Crippen molar-refractivity contribution in [2.24, 2.45) is 10.9 Å². The molecule has 2 aliphatic rings. The Balaban J connectivity index is 1.76. The number of nitrogens with two attached hydrogens (primary N) is 1. The molecular weight excluding hydrogens is 242 g/mol. The first-order chi connectivity index (χ1) is 9.17. The Morgan fingerprint density at radius 2 is 2.16 bits per heavy atom. The van der Waals surface area contributed by atoms with Crippen LogP contribution >= 0.6 is 0 Å². The smallest absolute Gasteiger partial charge is 0.140 e. The molecule has 2 rings (SSSR count). The van der Waals surface area contributed by atoms with Crippen LogP contribution in [0.2, 0.25) is 0 Å². The molecule has 1 unspecified atom stereocenters. The molecule has 1 aliphatic heterocycles. The Labute approximate surface area is 115 Å². The van der Waals surface area contributed by atoms with E-state index in [0.29, 0.717) is 18.4 Å². The predicted molar refractivity (Wildman–Crippen MR) is 75.4 cm³/mol. The highest BCUT2D eigenvalue weighted by Crippen LogP contribution is 2.43.